The molecule has 1 rings (SSSR count). The normalized spacial score (nSPS) is 43.7. The van der Waals surface area contributed by atoms with E-state index in [4.69, 9.17) is 5.11 Å². The maximum atomic E-state index is 10.9. The van der Waals surface area contributed by atoms with Crippen molar-refractivity contribution in [3.05, 3.63) is 12.7 Å². The quantitative estimate of drug-likeness (QED) is 0.628. The van der Waals surface area contributed by atoms with Crippen molar-refractivity contribution in [1.82, 2.24) is 0 Å². The van der Waals surface area contributed by atoms with Gasteiger partial charge in [-0.05, 0) is 0 Å². The van der Waals surface area contributed by atoms with Crippen LogP contribution in [0.15, 0.2) is 12.7 Å². The number of carboxylic acid groups (broad SMARTS) is 1. The zero-order chi connectivity index (χ0) is 9.78. The smallest absolute Gasteiger partial charge is 0.322 e. The van der Waals surface area contributed by atoms with Crippen LogP contribution >= 0.6 is 31.9 Å². The number of allylic oxidation sites excluding steroid dienone is 1. The van der Waals surface area contributed by atoms with Crippen LogP contribution in [0.1, 0.15) is 13.8 Å². The summed E-state index contributed by atoms with van der Waals surface area (Å²) in [4.78, 5) is 10.9. The third-order valence-electron chi connectivity index (χ3n) is 2.79. The minimum absolute atomic E-state index is 0.354. The summed E-state index contributed by atoms with van der Waals surface area (Å²) >= 11 is 6.63. The summed E-state index contributed by atoms with van der Waals surface area (Å²) in [5.74, 6) is -0.857. The molecular weight excluding hydrogens is 288 g/mol. The molecule has 68 valence electrons. The third-order valence-corrected chi connectivity index (χ3v) is 7.18. The van der Waals surface area contributed by atoms with Crippen molar-refractivity contribution in [3.8, 4) is 0 Å². The topological polar surface area (TPSA) is 37.3 Å². The maximum Gasteiger partial charge on any atom is 0.322 e. The van der Waals surface area contributed by atoms with Crippen LogP contribution in [0, 0.1) is 5.41 Å². The van der Waals surface area contributed by atoms with Gasteiger partial charge in [0, 0.05) is 5.41 Å². The molecule has 1 saturated carbocycles. The molecule has 1 aliphatic rings. The second-order valence-electron chi connectivity index (χ2n) is 3.50. The predicted molar refractivity (Wildman–Crippen MR) is 54.9 cm³/mol. The zero-order valence-corrected chi connectivity index (χ0v) is 10.1. The zero-order valence-electron chi connectivity index (χ0n) is 6.90. The number of carboxylic acids is 1. The minimum atomic E-state index is -0.922. The van der Waals surface area contributed by atoms with Gasteiger partial charge in [-0.15, -0.1) is 6.58 Å². The standard InChI is InChI=1S/C8H10Br2O2/c1-4-7(9)6(2,3)8(7,10)5(11)12/h4H,1H2,2-3H3,(H,11,12). The van der Waals surface area contributed by atoms with Crippen LogP contribution in [0.3, 0.4) is 0 Å². The van der Waals surface area contributed by atoms with E-state index in [0.29, 0.717) is 0 Å². The maximum absolute atomic E-state index is 10.9. The van der Waals surface area contributed by atoms with E-state index in [-0.39, 0.29) is 5.41 Å². The molecule has 2 unspecified atom stereocenters. The largest absolute Gasteiger partial charge is 0.480 e. The van der Waals surface area contributed by atoms with Crippen LogP contribution in [-0.4, -0.2) is 19.7 Å². The van der Waals surface area contributed by atoms with Gasteiger partial charge in [-0.1, -0.05) is 51.8 Å². The van der Waals surface area contributed by atoms with Crippen molar-refractivity contribution >= 4 is 37.8 Å². The summed E-state index contributed by atoms with van der Waals surface area (Å²) in [5.41, 5.74) is -0.354. The molecule has 0 heterocycles. The molecule has 0 saturated heterocycles. The summed E-state index contributed by atoms with van der Waals surface area (Å²) in [6.45, 7) is 7.39. The Morgan fingerprint density at radius 2 is 1.92 bits per heavy atom. The van der Waals surface area contributed by atoms with Gasteiger partial charge in [-0.25, -0.2) is 0 Å². The van der Waals surface area contributed by atoms with Crippen molar-refractivity contribution < 1.29 is 9.90 Å². The second-order valence-corrected chi connectivity index (χ2v) is 5.94. The molecule has 0 aromatic rings. The van der Waals surface area contributed by atoms with E-state index in [2.05, 4.69) is 38.4 Å². The number of halogens is 2. The highest BCUT2D eigenvalue weighted by molar-refractivity contribution is 9.13. The molecule has 1 N–H and O–H groups in total. The third kappa shape index (κ3) is 0.732. The molecule has 2 nitrogen and oxygen atoms in total. The molecule has 0 spiro atoms. The van der Waals surface area contributed by atoms with Gasteiger partial charge in [-0.2, -0.15) is 0 Å². The van der Waals surface area contributed by atoms with Crippen molar-refractivity contribution in [2.45, 2.75) is 22.5 Å². The first-order chi connectivity index (χ1) is 5.25. The van der Waals surface area contributed by atoms with Gasteiger partial charge < -0.3 is 5.11 Å². The van der Waals surface area contributed by atoms with Crippen LogP contribution in [0.4, 0.5) is 0 Å². The van der Waals surface area contributed by atoms with Crippen molar-refractivity contribution in [2.24, 2.45) is 5.41 Å². The van der Waals surface area contributed by atoms with Gasteiger partial charge in [-0.3, -0.25) is 4.79 Å². The molecule has 4 heteroatoms. The lowest BCUT2D eigenvalue weighted by Crippen LogP contribution is -2.23. The molecule has 0 aromatic heterocycles. The summed E-state index contributed by atoms with van der Waals surface area (Å²) in [7, 11) is 0. The molecular formula is C8H10Br2O2. The lowest BCUT2D eigenvalue weighted by atomic mass is 10.1. The Balaban J connectivity index is 3.16. The van der Waals surface area contributed by atoms with E-state index in [0.717, 1.165) is 0 Å². The molecule has 0 aliphatic heterocycles. The highest BCUT2D eigenvalue weighted by atomic mass is 79.9. The van der Waals surface area contributed by atoms with Crippen molar-refractivity contribution in [2.75, 3.05) is 0 Å². The van der Waals surface area contributed by atoms with Gasteiger partial charge in [0.15, 0.2) is 0 Å². The highest BCUT2D eigenvalue weighted by Crippen LogP contribution is 2.75. The number of carbonyl (C=O) groups is 1. The fraction of sp³-hybridized carbons (Fsp3) is 0.625. The Morgan fingerprint density at radius 3 is 2.00 bits per heavy atom. The van der Waals surface area contributed by atoms with Gasteiger partial charge in [0.2, 0.25) is 0 Å². The fourth-order valence-corrected chi connectivity index (χ4v) is 3.62. The van der Waals surface area contributed by atoms with E-state index < -0.39 is 14.6 Å². The van der Waals surface area contributed by atoms with Gasteiger partial charge in [0.25, 0.3) is 0 Å². The van der Waals surface area contributed by atoms with E-state index in [1.165, 1.54) is 0 Å². The molecule has 1 aliphatic carbocycles. The van der Waals surface area contributed by atoms with Gasteiger partial charge in [0.05, 0.1) is 4.32 Å². The molecule has 0 amide bonds. The average Bonchev–Trinajstić information content (AvgIpc) is 2.32. The average molecular weight is 298 g/mol. The number of hydrogen-bond donors (Lipinski definition) is 1. The summed E-state index contributed by atoms with van der Waals surface area (Å²) in [6.07, 6.45) is 1.63. The summed E-state index contributed by atoms with van der Waals surface area (Å²) in [5, 5.41) is 8.99. The highest BCUT2D eigenvalue weighted by Gasteiger charge is 2.83. The number of aliphatic carboxylic acids is 1. The molecule has 1 fully saturated rings. The van der Waals surface area contributed by atoms with Crippen molar-refractivity contribution in [3.63, 3.8) is 0 Å². The summed E-state index contributed by atoms with van der Waals surface area (Å²) < 4.78 is -1.46. The van der Waals surface area contributed by atoms with Gasteiger partial charge in [0.1, 0.15) is 4.32 Å². The molecule has 0 radical (unpaired) electrons. The SMILES string of the molecule is C=CC1(Br)C(C)(C)C1(Br)C(=O)O. The van der Waals surface area contributed by atoms with E-state index in [1.807, 2.05) is 13.8 Å². The van der Waals surface area contributed by atoms with Crippen LogP contribution in [0.5, 0.6) is 0 Å². The van der Waals surface area contributed by atoms with Crippen LogP contribution in [0.2, 0.25) is 0 Å². The Kier molecular flexibility index (Phi) is 2.01. The first kappa shape index (κ1) is 10.3. The molecule has 12 heavy (non-hydrogen) atoms. The fourth-order valence-electron chi connectivity index (χ4n) is 1.62. The molecule has 0 aromatic carbocycles. The Labute approximate surface area is 88.3 Å². The van der Waals surface area contributed by atoms with E-state index >= 15 is 0 Å². The Hall–Kier alpha value is 0.170. The molecule has 0 bridgehead atoms. The Morgan fingerprint density at radius 1 is 1.50 bits per heavy atom. The van der Waals surface area contributed by atoms with E-state index in [9.17, 15) is 4.79 Å². The van der Waals surface area contributed by atoms with Gasteiger partial charge >= 0.3 is 5.97 Å². The number of alkyl halides is 2. The monoisotopic (exact) mass is 296 g/mol. The predicted octanol–water partition coefficient (Wildman–Crippen LogP) is 2.56. The van der Waals surface area contributed by atoms with Crippen LogP contribution < -0.4 is 0 Å². The van der Waals surface area contributed by atoms with Crippen molar-refractivity contribution in [1.29, 1.82) is 0 Å². The minimum Gasteiger partial charge on any atom is -0.480 e. The van der Waals surface area contributed by atoms with Crippen LogP contribution in [0.25, 0.3) is 0 Å². The Bertz CT molecular complexity index is 262. The lowest BCUT2D eigenvalue weighted by molar-refractivity contribution is -0.137. The first-order valence-electron chi connectivity index (χ1n) is 3.50. The number of rotatable bonds is 2. The number of hydrogen-bond acceptors (Lipinski definition) is 1. The molecule has 2 atom stereocenters. The van der Waals surface area contributed by atoms with E-state index in [1.54, 1.807) is 6.08 Å². The summed E-state index contributed by atoms with van der Waals surface area (Å²) in [6, 6.07) is 0. The van der Waals surface area contributed by atoms with Crippen LogP contribution in [-0.2, 0) is 4.79 Å². The lowest BCUT2D eigenvalue weighted by Gasteiger charge is -2.04. The first-order valence-corrected chi connectivity index (χ1v) is 5.09. The second kappa shape index (κ2) is 2.35.